The Morgan fingerprint density at radius 1 is 1.11 bits per heavy atom. The van der Waals surface area contributed by atoms with E-state index in [1.54, 1.807) is 4.90 Å². The second-order valence-corrected chi connectivity index (χ2v) is 15.0. The number of aliphatic hydroxyl groups excluding tert-OH is 2. The van der Waals surface area contributed by atoms with Crippen molar-refractivity contribution in [3.63, 3.8) is 0 Å². The fourth-order valence-electron chi connectivity index (χ4n) is 3.34. The molecule has 0 unspecified atom stereocenters. The van der Waals surface area contributed by atoms with Gasteiger partial charge in [0.05, 0.1) is 6.10 Å². The second kappa shape index (κ2) is 9.24. The number of hydrogen-bond donors (Lipinski definition) is 2. The van der Waals surface area contributed by atoms with Crippen molar-refractivity contribution in [2.24, 2.45) is 5.92 Å². The summed E-state index contributed by atoms with van der Waals surface area (Å²) in [6.45, 7) is 17.2. The summed E-state index contributed by atoms with van der Waals surface area (Å²) in [5.41, 5.74) is -0.566. The van der Waals surface area contributed by atoms with Crippen molar-refractivity contribution in [3.8, 4) is 0 Å². The molecule has 1 fully saturated rings. The molecule has 0 radical (unpaired) electrons. The molecule has 0 bridgehead atoms. The zero-order valence-electron chi connectivity index (χ0n) is 18.5. The Bertz CT molecular complexity index is 478. The van der Waals surface area contributed by atoms with Crippen LogP contribution in [0.5, 0.6) is 0 Å². The van der Waals surface area contributed by atoms with Crippen molar-refractivity contribution in [2.75, 3.05) is 19.8 Å². The number of carbonyl (C=O) groups excluding carboxylic acids is 1. The minimum atomic E-state index is -1.96. The van der Waals surface area contributed by atoms with Gasteiger partial charge in [0.1, 0.15) is 5.60 Å². The van der Waals surface area contributed by atoms with Gasteiger partial charge in [0.2, 0.25) is 0 Å². The molecule has 0 aromatic carbocycles. The summed E-state index contributed by atoms with van der Waals surface area (Å²) in [4.78, 5) is 14.6. The SMILES string of the molecule is CC(C)(C)OC(=O)N1C[C@H](O[Si](C)(C)C(C)(C)C)C[C@H]1C(CCO)CCO. The van der Waals surface area contributed by atoms with Gasteiger partial charge < -0.3 is 24.3 Å². The highest BCUT2D eigenvalue weighted by atomic mass is 28.4. The lowest BCUT2D eigenvalue weighted by Gasteiger charge is -2.38. The van der Waals surface area contributed by atoms with Gasteiger partial charge in [-0.15, -0.1) is 0 Å². The number of ether oxygens (including phenoxy) is 1. The molecule has 1 aliphatic rings. The third-order valence-electron chi connectivity index (χ3n) is 5.74. The molecule has 27 heavy (non-hydrogen) atoms. The Balaban J connectivity index is 3.03. The van der Waals surface area contributed by atoms with Gasteiger partial charge in [0.15, 0.2) is 8.32 Å². The highest BCUT2D eigenvalue weighted by Gasteiger charge is 2.46. The Morgan fingerprint density at radius 3 is 2.04 bits per heavy atom. The van der Waals surface area contributed by atoms with Crippen LogP contribution in [0.3, 0.4) is 0 Å². The first kappa shape index (κ1) is 24.4. The van der Waals surface area contributed by atoms with Gasteiger partial charge in [-0.1, -0.05) is 20.8 Å². The fraction of sp³-hybridized carbons (Fsp3) is 0.950. The van der Waals surface area contributed by atoms with Gasteiger partial charge in [-0.05, 0) is 64.1 Å². The van der Waals surface area contributed by atoms with E-state index >= 15 is 0 Å². The average Bonchev–Trinajstić information content (AvgIpc) is 2.87. The third-order valence-corrected chi connectivity index (χ3v) is 10.3. The summed E-state index contributed by atoms with van der Waals surface area (Å²) in [7, 11) is -1.96. The van der Waals surface area contributed by atoms with Crippen LogP contribution in [-0.4, -0.2) is 67.0 Å². The molecular weight excluding hydrogens is 362 g/mol. The molecule has 1 rings (SSSR count). The molecule has 7 heteroatoms. The monoisotopic (exact) mass is 403 g/mol. The maximum atomic E-state index is 12.8. The summed E-state index contributed by atoms with van der Waals surface area (Å²) in [6, 6.07) is -0.0890. The van der Waals surface area contributed by atoms with Crippen LogP contribution in [-0.2, 0) is 9.16 Å². The normalized spacial score (nSPS) is 21.8. The van der Waals surface area contributed by atoms with Crippen LogP contribution in [0.2, 0.25) is 18.1 Å². The number of carbonyl (C=O) groups is 1. The maximum absolute atomic E-state index is 12.8. The van der Waals surface area contributed by atoms with E-state index < -0.39 is 13.9 Å². The van der Waals surface area contributed by atoms with E-state index in [1.165, 1.54) is 0 Å². The van der Waals surface area contributed by atoms with E-state index in [2.05, 4.69) is 33.9 Å². The molecule has 6 nitrogen and oxygen atoms in total. The first-order chi connectivity index (χ1) is 12.2. The lowest BCUT2D eigenvalue weighted by Crippen LogP contribution is -2.45. The topological polar surface area (TPSA) is 79.2 Å². The Kier molecular flexibility index (Phi) is 8.35. The van der Waals surface area contributed by atoms with Crippen LogP contribution in [0, 0.1) is 5.92 Å². The molecular formula is C20H41NO5Si. The van der Waals surface area contributed by atoms with Crippen molar-refractivity contribution in [3.05, 3.63) is 0 Å². The van der Waals surface area contributed by atoms with Gasteiger partial charge >= 0.3 is 6.09 Å². The average molecular weight is 404 g/mol. The molecule has 1 heterocycles. The molecule has 1 amide bonds. The largest absolute Gasteiger partial charge is 0.444 e. The predicted molar refractivity (Wildman–Crippen MR) is 110 cm³/mol. The zero-order chi connectivity index (χ0) is 21.0. The first-order valence-electron chi connectivity index (χ1n) is 10.1. The molecule has 0 aromatic rings. The van der Waals surface area contributed by atoms with E-state index in [0.717, 1.165) is 6.42 Å². The fourth-order valence-corrected chi connectivity index (χ4v) is 4.70. The molecule has 2 atom stereocenters. The van der Waals surface area contributed by atoms with E-state index in [0.29, 0.717) is 19.4 Å². The molecule has 0 aliphatic carbocycles. The van der Waals surface area contributed by atoms with E-state index in [-0.39, 0.29) is 42.4 Å². The predicted octanol–water partition coefficient (Wildman–Crippen LogP) is 3.77. The van der Waals surface area contributed by atoms with Crippen molar-refractivity contribution >= 4 is 14.4 Å². The van der Waals surface area contributed by atoms with Gasteiger partial charge in [0.25, 0.3) is 0 Å². The number of nitrogens with zero attached hydrogens (tertiary/aromatic N) is 1. The molecule has 1 aliphatic heterocycles. The Morgan fingerprint density at radius 2 is 1.63 bits per heavy atom. The lowest BCUT2D eigenvalue weighted by molar-refractivity contribution is 0.0138. The Hall–Kier alpha value is -0.633. The number of rotatable bonds is 7. The van der Waals surface area contributed by atoms with Gasteiger partial charge in [-0.3, -0.25) is 0 Å². The van der Waals surface area contributed by atoms with Gasteiger partial charge in [-0.25, -0.2) is 4.79 Å². The lowest BCUT2D eigenvalue weighted by atomic mass is 9.91. The first-order valence-corrected chi connectivity index (χ1v) is 13.0. The number of hydrogen-bond acceptors (Lipinski definition) is 5. The number of amides is 1. The van der Waals surface area contributed by atoms with E-state index in [9.17, 15) is 15.0 Å². The molecule has 1 saturated heterocycles. The van der Waals surface area contributed by atoms with Crippen LogP contribution in [0.4, 0.5) is 4.79 Å². The third kappa shape index (κ3) is 7.04. The molecule has 2 N–H and O–H groups in total. The van der Waals surface area contributed by atoms with Gasteiger partial charge in [0, 0.05) is 25.8 Å². The molecule has 0 saturated carbocycles. The number of likely N-dealkylation sites (tertiary alicyclic amines) is 1. The molecule has 160 valence electrons. The summed E-state index contributed by atoms with van der Waals surface area (Å²) in [5, 5.41) is 19.0. The van der Waals surface area contributed by atoms with Crippen molar-refractivity contribution in [1.29, 1.82) is 0 Å². The summed E-state index contributed by atoms with van der Waals surface area (Å²) >= 11 is 0. The van der Waals surface area contributed by atoms with Crippen LogP contribution < -0.4 is 0 Å². The maximum Gasteiger partial charge on any atom is 0.410 e. The minimum Gasteiger partial charge on any atom is -0.444 e. The summed E-state index contributed by atoms with van der Waals surface area (Å²) in [6.07, 6.45) is 1.45. The van der Waals surface area contributed by atoms with Gasteiger partial charge in [-0.2, -0.15) is 0 Å². The van der Waals surface area contributed by atoms with E-state index in [1.807, 2.05) is 20.8 Å². The highest BCUT2D eigenvalue weighted by Crippen LogP contribution is 2.40. The smallest absolute Gasteiger partial charge is 0.410 e. The van der Waals surface area contributed by atoms with E-state index in [4.69, 9.17) is 9.16 Å². The van der Waals surface area contributed by atoms with Crippen molar-refractivity contribution < 1.29 is 24.2 Å². The minimum absolute atomic E-state index is 0.0283. The molecule has 0 aromatic heterocycles. The highest BCUT2D eigenvalue weighted by molar-refractivity contribution is 6.74. The quantitative estimate of drug-likeness (QED) is 0.633. The summed E-state index contributed by atoms with van der Waals surface area (Å²) < 4.78 is 12.2. The van der Waals surface area contributed by atoms with Crippen LogP contribution in [0.15, 0.2) is 0 Å². The van der Waals surface area contributed by atoms with Crippen LogP contribution in [0.25, 0.3) is 0 Å². The second-order valence-electron chi connectivity index (χ2n) is 10.2. The van der Waals surface area contributed by atoms with Crippen molar-refractivity contribution in [1.82, 2.24) is 4.90 Å². The van der Waals surface area contributed by atoms with Crippen molar-refractivity contribution in [2.45, 2.75) is 96.7 Å². The standard InChI is InChI=1S/C20H41NO5Si/c1-19(2,3)25-18(24)21-14-16(26-27(7,8)20(4,5)6)13-17(21)15(9-11-22)10-12-23/h15-17,22-23H,9-14H2,1-8H3/t16-,17+/m1/s1. The molecule has 0 spiro atoms. The zero-order valence-corrected chi connectivity index (χ0v) is 19.5. The summed E-state index contributed by atoms with van der Waals surface area (Å²) in [5.74, 6) is 0.0283. The van der Waals surface area contributed by atoms with Crippen LogP contribution in [0.1, 0.15) is 60.8 Å². The Labute approximate surface area is 166 Å². The number of aliphatic hydroxyl groups is 2. The van der Waals surface area contributed by atoms with Crippen LogP contribution >= 0.6 is 0 Å².